The van der Waals surface area contributed by atoms with Gasteiger partial charge in [0.2, 0.25) is 0 Å². The highest BCUT2D eigenvalue weighted by molar-refractivity contribution is 5.31. The molecule has 1 atom stereocenters. The van der Waals surface area contributed by atoms with E-state index in [1.807, 2.05) is 37.3 Å². The molecule has 0 N–H and O–H groups in total. The van der Waals surface area contributed by atoms with Crippen LogP contribution in [0.5, 0.6) is 0 Å². The Morgan fingerprint density at radius 2 is 1.38 bits per heavy atom. The van der Waals surface area contributed by atoms with Crippen LogP contribution in [-0.4, -0.2) is 0 Å². The molecule has 2 heteroatoms. The molecule has 0 bridgehead atoms. The third kappa shape index (κ3) is 6.34. The smallest absolute Gasteiger partial charge is 0.129 e. The summed E-state index contributed by atoms with van der Waals surface area (Å²) >= 11 is 0. The highest BCUT2D eigenvalue weighted by atomic mass is 19.1. The van der Waals surface area contributed by atoms with Gasteiger partial charge in [-0.05, 0) is 104 Å². The second-order valence-electron chi connectivity index (χ2n) is 10.3. The zero-order valence-electron chi connectivity index (χ0n) is 20.7. The molecule has 3 aromatic rings. The van der Waals surface area contributed by atoms with Gasteiger partial charge in [0.15, 0.2) is 0 Å². The number of rotatable bonds is 9. The molecule has 0 radical (unpaired) electrons. The third-order valence-electron chi connectivity index (χ3n) is 7.76. The lowest BCUT2D eigenvalue weighted by Gasteiger charge is -2.29. The average Bonchev–Trinajstić information content (AvgIpc) is 2.86. The van der Waals surface area contributed by atoms with Crippen molar-refractivity contribution in [2.24, 2.45) is 5.92 Å². The van der Waals surface area contributed by atoms with Gasteiger partial charge in [-0.1, -0.05) is 74.9 Å². The second kappa shape index (κ2) is 11.8. The van der Waals surface area contributed by atoms with E-state index in [0.29, 0.717) is 12.3 Å². The summed E-state index contributed by atoms with van der Waals surface area (Å²) in [6, 6.07) is 22.3. The van der Waals surface area contributed by atoms with Crippen molar-refractivity contribution in [2.75, 3.05) is 0 Å². The number of hydrogen-bond acceptors (Lipinski definition) is 0. The molecule has 0 spiro atoms. The van der Waals surface area contributed by atoms with Gasteiger partial charge in [0.05, 0.1) is 0 Å². The summed E-state index contributed by atoms with van der Waals surface area (Å²) < 4.78 is 29.9. The molecule has 0 nitrogen and oxygen atoms in total. The summed E-state index contributed by atoms with van der Waals surface area (Å²) in [6.07, 6.45) is 9.40. The minimum atomic E-state index is -0.383. The van der Waals surface area contributed by atoms with Gasteiger partial charge < -0.3 is 0 Å². The predicted octanol–water partition coefficient (Wildman–Crippen LogP) is 9.17. The van der Waals surface area contributed by atoms with Crippen LogP contribution in [0.2, 0.25) is 0 Å². The van der Waals surface area contributed by atoms with E-state index in [1.165, 1.54) is 24.0 Å². The van der Waals surface area contributed by atoms with Crippen LogP contribution in [-0.2, 0) is 19.3 Å². The first-order chi connectivity index (χ1) is 16.5. The Balaban J connectivity index is 1.30. The zero-order chi connectivity index (χ0) is 23.9. The molecule has 1 aliphatic rings. The SMILES string of the molecule is CCCc1ccc(CCC2CCC(c3cc(F)c(C[C@@H](C)c4ccccc4)c(F)c3)CC2)cc1. The fraction of sp³-hybridized carbons (Fsp3) is 0.438. The molecule has 34 heavy (non-hydrogen) atoms. The molecule has 1 aliphatic carbocycles. The van der Waals surface area contributed by atoms with E-state index in [1.54, 1.807) is 12.1 Å². The number of aryl methyl sites for hydroxylation is 2. The fourth-order valence-corrected chi connectivity index (χ4v) is 5.58. The largest absolute Gasteiger partial charge is 0.207 e. The minimum absolute atomic E-state index is 0.0781. The molecular formula is C32H38F2. The topological polar surface area (TPSA) is 0 Å². The van der Waals surface area contributed by atoms with E-state index >= 15 is 0 Å². The van der Waals surface area contributed by atoms with Crippen LogP contribution in [0, 0.1) is 17.6 Å². The van der Waals surface area contributed by atoms with E-state index in [2.05, 4.69) is 31.2 Å². The lowest BCUT2D eigenvalue weighted by Crippen LogP contribution is -2.15. The first-order valence-electron chi connectivity index (χ1n) is 13.1. The standard InChI is InChI=1S/C32H38F2/c1-3-7-24-10-12-25(13-11-24)14-15-26-16-18-28(19-17-26)29-21-31(33)30(32(34)22-29)20-23(2)27-8-5-4-6-9-27/h4-6,8-13,21-23,26,28H,3,7,14-20H2,1-2H3/t23-,26?,28?/m1/s1. The highest BCUT2D eigenvalue weighted by Crippen LogP contribution is 2.38. The lowest BCUT2D eigenvalue weighted by molar-refractivity contribution is 0.309. The van der Waals surface area contributed by atoms with Gasteiger partial charge in [0.1, 0.15) is 11.6 Å². The average molecular weight is 461 g/mol. The molecule has 0 aromatic heterocycles. The Morgan fingerprint density at radius 3 is 1.97 bits per heavy atom. The highest BCUT2D eigenvalue weighted by Gasteiger charge is 2.24. The maximum absolute atomic E-state index is 15.0. The van der Waals surface area contributed by atoms with Crippen molar-refractivity contribution in [1.82, 2.24) is 0 Å². The lowest BCUT2D eigenvalue weighted by atomic mass is 9.76. The van der Waals surface area contributed by atoms with Crippen molar-refractivity contribution < 1.29 is 8.78 Å². The summed E-state index contributed by atoms with van der Waals surface area (Å²) in [4.78, 5) is 0. The summed E-state index contributed by atoms with van der Waals surface area (Å²) in [5.74, 6) is 0.300. The summed E-state index contributed by atoms with van der Waals surface area (Å²) in [5.41, 5.74) is 5.02. The summed E-state index contributed by atoms with van der Waals surface area (Å²) in [6.45, 7) is 4.25. The quantitative estimate of drug-likeness (QED) is 0.298. The molecule has 3 aromatic carbocycles. The van der Waals surface area contributed by atoms with Gasteiger partial charge in [-0.15, -0.1) is 0 Å². The molecule has 1 fully saturated rings. The number of halogens is 2. The molecule has 1 saturated carbocycles. The predicted molar refractivity (Wildman–Crippen MR) is 138 cm³/mol. The molecule has 0 aliphatic heterocycles. The second-order valence-corrected chi connectivity index (χ2v) is 10.3. The molecule has 4 rings (SSSR count). The monoisotopic (exact) mass is 460 g/mol. The van der Waals surface area contributed by atoms with Gasteiger partial charge in [0, 0.05) is 5.56 Å². The molecule has 0 amide bonds. The van der Waals surface area contributed by atoms with Crippen molar-refractivity contribution in [3.63, 3.8) is 0 Å². The maximum Gasteiger partial charge on any atom is 0.129 e. The van der Waals surface area contributed by atoms with Crippen LogP contribution >= 0.6 is 0 Å². The van der Waals surface area contributed by atoms with Crippen LogP contribution in [0.15, 0.2) is 66.7 Å². The third-order valence-corrected chi connectivity index (χ3v) is 7.76. The minimum Gasteiger partial charge on any atom is -0.207 e. The van der Waals surface area contributed by atoms with E-state index in [-0.39, 0.29) is 29.0 Å². The number of hydrogen-bond donors (Lipinski definition) is 0. The molecule has 0 unspecified atom stereocenters. The van der Waals surface area contributed by atoms with E-state index in [9.17, 15) is 8.78 Å². The van der Waals surface area contributed by atoms with Crippen molar-refractivity contribution >= 4 is 0 Å². The van der Waals surface area contributed by atoms with Gasteiger partial charge in [0.25, 0.3) is 0 Å². The zero-order valence-corrected chi connectivity index (χ0v) is 20.7. The summed E-state index contributed by atoms with van der Waals surface area (Å²) in [7, 11) is 0. The Bertz CT molecular complexity index is 1010. The van der Waals surface area contributed by atoms with E-state index < -0.39 is 0 Å². The van der Waals surface area contributed by atoms with Crippen LogP contribution in [0.25, 0.3) is 0 Å². The molecule has 0 heterocycles. The number of benzene rings is 3. The van der Waals surface area contributed by atoms with Gasteiger partial charge in [-0.3, -0.25) is 0 Å². The summed E-state index contributed by atoms with van der Waals surface area (Å²) in [5, 5.41) is 0. The Morgan fingerprint density at radius 1 is 0.794 bits per heavy atom. The Hall–Kier alpha value is -2.48. The van der Waals surface area contributed by atoms with Crippen LogP contribution in [0.3, 0.4) is 0 Å². The first kappa shape index (κ1) is 24.6. The van der Waals surface area contributed by atoms with Crippen LogP contribution < -0.4 is 0 Å². The van der Waals surface area contributed by atoms with E-state index in [4.69, 9.17) is 0 Å². The van der Waals surface area contributed by atoms with Gasteiger partial charge in [-0.2, -0.15) is 0 Å². The Labute approximate surface area is 204 Å². The van der Waals surface area contributed by atoms with Crippen molar-refractivity contribution in [3.05, 3.63) is 106 Å². The fourth-order valence-electron chi connectivity index (χ4n) is 5.58. The van der Waals surface area contributed by atoms with Gasteiger partial charge in [-0.25, -0.2) is 8.78 Å². The molecular weight excluding hydrogens is 422 g/mol. The van der Waals surface area contributed by atoms with Crippen molar-refractivity contribution in [1.29, 1.82) is 0 Å². The van der Waals surface area contributed by atoms with Crippen LogP contribution in [0.1, 0.15) is 92.0 Å². The van der Waals surface area contributed by atoms with Crippen molar-refractivity contribution in [3.8, 4) is 0 Å². The maximum atomic E-state index is 15.0. The molecule has 180 valence electrons. The van der Waals surface area contributed by atoms with Crippen molar-refractivity contribution in [2.45, 2.75) is 83.5 Å². The first-order valence-corrected chi connectivity index (χ1v) is 13.1. The molecule has 0 saturated heterocycles. The Kier molecular flexibility index (Phi) is 8.53. The van der Waals surface area contributed by atoms with Crippen LogP contribution in [0.4, 0.5) is 8.78 Å². The van der Waals surface area contributed by atoms with Gasteiger partial charge >= 0.3 is 0 Å². The van der Waals surface area contributed by atoms with E-state index in [0.717, 1.165) is 49.7 Å². The normalized spacial score (nSPS) is 19.2.